The maximum Gasteiger partial charge on any atom is 0.311 e. The van der Waals surface area contributed by atoms with Crippen LogP contribution in [0.2, 0.25) is 0 Å². The molecule has 108 valence electrons. The monoisotopic (exact) mass is 280 g/mol. The van der Waals surface area contributed by atoms with Gasteiger partial charge in [-0.3, -0.25) is 14.9 Å². The van der Waals surface area contributed by atoms with E-state index in [0.29, 0.717) is 13.1 Å². The number of amides is 1. The molecule has 0 saturated carbocycles. The number of para-hydroxylation sites is 1. The lowest BCUT2D eigenvalue weighted by Gasteiger charge is -2.31. The van der Waals surface area contributed by atoms with Gasteiger partial charge in [-0.2, -0.15) is 0 Å². The standard InChI is InChI=1S/C13H16N2O5/c1-20-9-5-7-14(8-6-9)13(17)10-3-2-4-11(12(10)16)15(18)19/h2-4,9,16H,5-8H2,1H3. The van der Waals surface area contributed by atoms with Gasteiger partial charge in [-0.15, -0.1) is 0 Å². The number of phenols is 1. The molecule has 1 saturated heterocycles. The number of ether oxygens (including phenoxy) is 1. The molecule has 0 aliphatic carbocycles. The Bertz CT molecular complexity index is 523. The van der Waals surface area contributed by atoms with Crippen LogP contribution in [0.1, 0.15) is 23.2 Å². The van der Waals surface area contributed by atoms with Crippen molar-refractivity contribution in [3.8, 4) is 5.75 Å². The lowest BCUT2D eigenvalue weighted by atomic mass is 10.1. The molecular formula is C13H16N2O5. The van der Waals surface area contributed by atoms with Crippen molar-refractivity contribution in [2.24, 2.45) is 0 Å². The molecule has 1 amide bonds. The van der Waals surface area contributed by atoms with E-state index in [4.69, 9.17) is 4.74 Å². The Morgan fingerprint density at radius 3 is 2.65 bits per heavy atom. The zero-order valence-corrected chi connectivity index (χ0v) is 11.1. The molecule has 1 heterocycles. The van der Waals surface area contributed by atoms with E-state index in [0.717, 1.165) is 12.8 Å². The van der Waals surface area contributed by atoms with Crippen molar-refractivity contribution in [1.82, 2.24) is 4.90 Å². The van der Waals surface area contributed by atoms with Gasteiger partial charge in [0.2, 0.25) is 5.75 Å². The van der Waals surface area contributed by atoms with Crippen molar-refractivity contribution in [1.29, 1.82) is 0 Å². The van der Waals surface area contributed by atoms with E-state index in [-0.39, 0.29) is 17.6 Å². The van der Waals surface area contributed by atoms with E-state index in [9.17, 15) is 20.0 Å². The molecule has 1 aromatic carbocycles. The van der Waals surface area contributed by atoms with E-state index >= 15 is 0 Å². The van der Waals surface area contributed by atoms with Crippen LogP contribution in [0.4, 0.5) is 5.69 Å². The van der Waals surface area contributed by atoms with Gasteiger partial charge in [0.05, 0.1) is 16.6 Å². The first-order chi connectivity index (χ1) is 9.54. The van der Waals surface area contributed by atoms with Crippen molar-refractivity contribution in [2.45, 2.75) is 18.9 Å². The van der Waals surface area contributed by atoms with Gasteiger partial charge in [0.25, 0.3) is 5.91 Å². The van der Waals surface area contributed by atoms with Crippen molar-refractivity contribution in [3.63, 3.8) is 0 Å². The fraction of sp³-hybridized carbons (Fsp3) is 0.462. The number of nitro benzene ring substituents is 1. The maximum absolute atomic E-state index is 12.3. The SMILES string of the molecule is COC1CCN(C(=O)c2cccc([N+](=O)[O-])c2O)CC1. The summed E-state index contributed by atoms with van der Waals surface area (Å²) in [5.74, 6) is -0.961. The van der Waals surface area contributed by atoms with Gasteiger partial charge in [-0.05, 0) is 18.9 Å². The number of piperidine rings is 1. The highest BCUT2D eigenvalue weighted by molar-refractivity contribution is 5.98. The summed E-state index contributed by atoms with van der Waals surface area (Å²) in [4.78, 5) is 23.9. The molecule has 0 radical (unpaired) electrons. The number of phenolic OH excluding ortho intramolecular Hbond substituents is 1. The Morgan fingerprint density at radius 1 is 1.45 bits per heavy atom. The summed E-state index contributed by atoms with van der Waals surface area (Å²) in [6, 6.07) is 3.96. The summed E-state index contributed by atoms with van der Waals surface area (Å²) >= 11 is 0. The molecule has 0 unspecified atom stereocenters. The summed E-state index contributed by atoms with van der Waals surface area (Å²) in [7, 11) is 1.63. The average Bonchev–Trinajstić information content (AvgIpc) is 2.46. The second-order valence-corrected chi connectivity index (χ2v) is 4.66. The second-order valence-electron chi connectivity index (χ2n) is 4.66. The van der Waals surface area contributed by atoms with Gasteiger partial charge in [0, 0.05) is 26.3 Å². The normalized spacial score (nSPS) is 16.1. The third-order valence-electron chi connectivity index (χ3n) is 3.50. The Labute approximate surface area is 115 Å². The van der Waals surface area contributed by atoms with E-state index in [1.54, 1.807) is 12.0 Å². The number of likely N-dealkylation sites (tertiary alicyclic amines) is 1. The van der Waals surface area contributed by atoms with Crippen LogP contribution in [0, 0.1) is 10.1 Å². The summed E-state index contributed by atoms with van der Waals surface area (Å²) in [5, 5.41) is 20.6. The molecule has 1 fully saturated rings. The highest BCUT2D eigenvalue weighted by Crippen LogP contribution is 2.30. The summed E-state index contributed by atoms with van der Waals surface area (Å²) < 4.78 is 5.22. The highest BCUT2D eigenvalue weighted by atomic mass is 16.6. The second kappa shape index (κ2) is 5.87. The number of rotatable bonds is 3. The third-order valence-corrected chi connectivity index (χ3v) is 3.50. The van der Waals surface area contributed by atoms with Gasteiger partial charge < -0.3 is 14.7 Å². The molecule has 1 N–H and O–H groups in total. The molecule has 7 nitrogen and oxygen atoms in total. The Hall–Kier alpha value is -2.15. The van der Waals surface area contributed by atoms with Crippen molar-refractivity contribution in [2.75, 3.05) is 20.2 Å². The highest BCUT2D eigenvalue weighted by Gasteiger charge is 2.27. The van der Waals surface area contributed by atoms with Gasteiger partial charge in [-0.1, -0.05) is 6.07 Å². The van der Waals surface area contributed by atoms with Crippen LogP contribution in [0.15, 0.2) is 18.2 Å². The predicted octanol–water partition coefficient (Wildman–Crippen LogP) is 1.55. The van der Waals surface area contributed by atoms with Gasteiger partial charge in [-0.25, -0.2) is 0 Å². The zero-order chi connectivity index (χ0) is 14.7. The lowest BCUT2D eigenvalue weighted by Crippen LogP contribution is -2.40. The number of nitro groups is 1. The zero-order valence-electron chi connectivity index (χ0n) is 11.1. The Kier molecular flexibility index (Phi) is 4.19. The van der Waals surface area contributed by atoms with Crippen LogP contribution in [-0.2, 0) is 4.74 Å². The third kappa shape index (κ3) is 2.72. The Balaban J connectivity index is 2.18. The number of carbonyl (C=O) groups excluding carboxylic acids is 1. The first-order valence-corrected chi connectivity index (χ1v) is 6.33. The van der Waals surface area contributed by atoms with E-state index in [1.165, 1.54) is 18.2 Å². The van der Waals surface area contributed by atoms with E-state index in [1.807, 2.05) is 0 Å². The van der Waals surface area contributed by atoms with Gasteiger partial charge >= 0.3 is 5.69 Å². The minimum absolute atomic E-state index is 0.0323. The molecule has 0 spiro atoms. The first kappa shape index (κ1) is 14.3. The fourth-order valence-electron chi connectivity index (χ4n) is 2.32. The number of nitrogens with zero attached hydrogens (tertiary/aromatic N) is 2. The summed E-state index contributed by atoms with van der Waals surface area (Å²) in [5.41, 5.74) is -0.488. The molecule has 1 aromatic rings. The minimum Gasteiger partial charge on any atom is -0.502 e. The molecule has 2 rings (SSSR count). The smallest absolute Gasteiger partial charge is 0.311 e. The molecule has 7 heteroatoms. The fourth-order valence-corrected chi connectivity index (χ4v) is 2.32. The molecule has 0 aromatic heterocycles. The van der Waals surface area contributed by atoms with Gasteiger partial charge in [0.1, 0.15) is 0 Å². The summed E-state index contributed by atoms with van der Waals surface area (Å²) in [6.07, 6.45) is 1.58. The average molecular weight is 280 g/mol. The molecule has 0 bridgehead atoms. The van der Waals surface area contributed by atoms with Crippen LogP contribution < -0.4 is 0 Å². The van der Waals surface area contributed by atoms with E-state index < -0.39 is 16.4 Å². The molecular weight excluding hydrogens is 264 g/mol. The molecule has 20 heavy (non-hydrogen) atoms. The number of aromatic hydroxyl groups is 1. The predicted molar refractivity (Wildman–Crippen MR) is 70.7 cm³/mol. The van der Waals surface area contributed by atoms with E-state index in [2.05, 4.69) is 0 Å². The van der Waals surface area contributed by atoms with Crippen molar-refractivity contribution >= 4 is 11.6 Å². The van der Waals surface area contributed by atoms with Crippen molar-refractivity contribution < 1.29 is 19.6 Å². The number of methoxy groups -OCH3 is 1. The Morgan fingerprint density at radius 2 is 2.10 bits per heavy atom. The number of carbonyl (C=O) groups is 1. The largest absolute Gasteiger partial charge is 0.502 e. The van der Waals surface area contributed by atoms with Crippen LogP contribution in [0.3, 0.4) is 0 Å². The summed E-state index contributed by atoms with van der Waals surface area (Å²) in [6.45, 7) is 1.03. The molecule has 1 aliphatic rings. The van der Waals surface area contributed by atoms with Crippen LogP contribution >= 0.6 is 0 Å². The topological polar surface area (TPSA) is 92.9 Å². The first-order valence-electron chi connectivity index (χ1n) is 6.33. The van der Waals surface area contributed by atoms with Crippen molar-refractivity contribution in [3.05, 3.63) is 33.9 Å². The van der Waals surface area contributed by atoms with Gasteiger partial charge in [0.15, 0.2) is 0 Å². The quantitative estimate of drug-likeness (QED) is 0.669. The maximum atomic E-state index is 12.3. The number of hydrogen-bond donors (Lipinski definition) is 1. The number of benzene rings is 1. The minimum atomic E-state index is -0.705. The molecule has 0 atom stereocenters. The van der Waals surface area contributed by atoms with Crippen LogP contribution in [-0.4, -0.2) is 47.1 Å². The van der Waals surface area contributed by atoms with Crippen LogP contribution in [0.5, 0.6) is 5.75 Å². The van der Waals surface area contributed by atoms with Crippen LogP contribution in [0.25, 0.3) is 0 Å². The lowest BCUT2D eigenvalue weighted by molar-refractivity contribution is -0.385. The number of hydrogen-bond acceptors (Lipinski definition) is 5. The molecule has 1 aliphatic heterocycles.